The molecule has 0 unspecified atom stereocenters. The zero-order chi connectivity index (χ0) is 6.97. The highest BCUT2D eigenvalue weighted by molar-refractivity contribution is 5.97. The molecule has 2 rings (SSSR count). The van der Waals surface area contributed by atoms with Crippen molar-refractivity contribution >= 4 is 5.78 Å². The van der Waals surface area contributed by atoms with Gasteiger partial charge in [-0.3, -0.25) is 4.79 Å². The summed E-state index contributed by atoms with van der Waals surface area (Å²) in [7, 11) is 0. The SMILES string of the molecule is O=C1CCCC2=C1CNC2. The third-order valence-electron chi connectivity index (χ3n) is 2.29. The molecule has 10 heavy (non-hydrogen) atoms. The highest BCUT2D eigenvalue weighted by Crippen LogP contribution is 2.23. The average molecular weight is 137 g/mol. The monoisotopic (exact) mass is 137 g/mol. The van der Waals surface area contributed by atoms with Gasteiger partial charge in [0.1, 0.15) is 0 Å². The van der Waals surface area contributed by atoms with E-state index in [-0.39, 0.29) is 0 Å². The first kappa shape index (κ1) is 6.10. The minimum Gasteiger partial charge on any atom is -0.309 e. The molecular formula is C8H11NO. The van der Waals surface area contributed by atoms with Crippen LogP contribution in [0, 0.1) is 0 Å². The van der Waals surface area contributed by atoms with Gasteiger partial charge in [0.15, 0.2) is 5.78 Å². The minimum atomic E-state index is 0.381. The van der Waals surface area contributed by atoms with Gasteiger partial charge in [-0.25, -0.2) is 0 Å². The Balaban J connectivity index is 2.31. The fraction of sp³-hybridized carbons (Fsp3) is 0.625. The fourth-order valence-corrected chi connectivity index (χ4v) is 1.72. The van der Waals surface area contributed by atoms with E-state index >= 15 is 0 Å². The first-order chi connectivity index (χ1) is 4.88. The Labute approximate surface area is 60.3 Å². The maximum Gasteiger partial charge on any atom is 0.160 e. The molecule has 0 aromatic rings. The van der Waals surface area contributed by atoms with Crippen molar-refractivity contribution in [2.45, 2.75) is 19.3 Å². The van der Waals surface area contributed by atoms with Crippen LogP contribution in [-0.4, -0.2) is 18.9 Å². The quantitative estimate of drug-likeness (QED) is 0.531. The molecule has 0 aromatic heterocycles. The molecule has 2 heteroatoms. The summed E-state index contributed by atoms with van der Waals surface area (Å²) in [5, 5.41) is 3.20. The molecule has 0 atom stereocenters. The molecule has 0 bridgehead atoms. The largest absolute Gasteiger partial charge is 0.309 e. The normalized spacial score (nSPS) is 25.4. The number of nitrogens with one attached hydrogen (secondary N) is 1. The molecule has 0 amide bonds. The van der Waals surface area contributed by atoms with Crippen molar-refractivity contribution < 1.29 is 4.79 Å². The second-order valence-electron chi connectivity index (χ2n) is 2.96. The van der Waals surface area contributed by atoms with Gasteiger partial charge in [0.25, 0.3) is 0 Å². The van der Waals surface area contributed by atoms with Crippen molar-refractivity contribution in [1.82, 2.24) is 5.32 Å². The van der Waals surface area contributed by atoms with Crippen molar-refractivity contribution in [2.75, 3.05) is 13.1 Å². The van der Waals surface area contributed by atoms with Crippen LogP contribution < -0.4 is 5.32 Å². The lowest BCUT2D eigenvalue weighted by molar-refractivity contribution is -0.116. The van der Waals surface area contributed by atoms with E-state index in [1.54, 1.807) is 0 Å². The first-order valence-electron chi connectivity index (χ1n) is 3.83. The Bertz CT molecular complexity index is 205. The number of carbonyl (C=O) groups is 1. The van der Waals surface area contributed by atoms with Crippen LogP contribution in [0.1, 0.15) is 19.3 Å². The lowest BCUT2D eigenvalue weighted by atomic mass is 9.93. The van der Waals surface area contributed by atoms with Gasteiger partial charge in [-0.2, -0.15) is 0 Å². The van der Waals surface area contributed by atoms with E-state index in [4.69, 9.17) is 0 Å². The van der Waals surface area contributed by atoms with E-state index in [0.717, 1.165) is 37.9 Å². The molecule has 0 saturated carbocycles. The van der Waals surface area contributed by atoms with Crippen LogP contribution in [0.4, 0.5) is 0 Å². The topological polar surface area (TPSA) is 29.1 Å². The Morgan fingerprint density at radius 1 is 1.20 bits per heavy atom. The molecule has 0 aromatic carbocycles. The summed E-state index contributed by atoms with van der Waals surface area (Å²) in [6.45, 7) is 1.79. The molecule has 1 aliphatic heterocycles. The predicted molar refractivity (Wildman–Crippen MR) is 38.8 cm³/mol. The highest BCUT2D eigenvalue weighted by Gasteiger charge is 2.23. The van der Waals surface area contributed by atoms with Gasteiger partial charge < -0.3 is 5.32 Å². The highest BCUT2D eigenvalue weighted by atomic mass is 16.1. The summed E-state index contributed by atoms with van der Waals surface area (Å²) in [6.07, 6.45) is 2.99. The maximum absolute atomic E-state index is 11.2. The van der Waals surface area contributed by atoms with Crippen molar-refractivity contribution in [1.29, 1.82) is 0 Å². The summed E-state index contributed by atoms with van der Waals surface area (Å²) in [5.41, 5.74) is 2.46. The van der Waals surface area contributed by atoms with Gasteiger partial charge in [0, 0.05) is 25.1 Å². The van der Waals surface area contributed by atoms with Crippen molar-refractivity contribution in [2.24, 2.45) is 0 Å². The Morgan fingerprint density at radius 2 is 2.10 bits per heavy atom. The lowest BCUT2D eigenvalue weighted by Gasteiger charge is -2.10. The van der Waals surface area contributed by atoms with Crippen LogP contribution in [0.15, 0.2) is 11.1 Å². The zero-order valence-corrected chi connectivity index (χ0v) is 5.94. The van der Waals surface area contributed by atoms with E-state index in [9.17, 15) is 4.79 Å². The molecule has 2 aliphatic rings. The molecular weight excluding hydrogens is 126 g/mol. The van der Waals surface area contributed by atoms with Gasteiger partial charge in [0.05, 0.1) is 0 Å². The Morgan fingerprint density at radius 3 is 2.90 bits per heavy atom. The molecule has 2 nitrogen and oxygen atoms in total. The molecule has 0 radical (unpaired) electrons. The molecule has 54 valence electrons. The Kier molecular flexibility index (Phi) is 1.34. The average Bonchev–Trinajstić information content (AvgIpc) is 2.36. The van der Waals surface area contributed by atoms with Gasteiger partial charge >= 0.3 is 0 Å². The smallest absolute Gasteiger partial charge is 0.160 e. The number of carbonyl (C=O) groups excluding carboxylic acids is 1. The minimum absolute atomic E-state index is 0.381. The summed E-state index contributed by atoms with van der Waals surface area (Å²) >= 11 is 0. The summed E-state index contributed by atoms with van der Waals surface area (Å²) in [6, 6.07) is 0. The van der Waals surface area contributed by atoms with Crippen LogP contribution in [0.2, 0.25) is 0 Å². The van der Waals surface area contributed by atoms with Gasteiger partial charge in [-0.05, 0) is 18.4 Å². The first-order valence-corrected chi connectivity index (χ1v) is 3.83. The molecule has 1 heterocycles. The lowest BCUT2D eigenvalue weighted by Crippen LogP contribution is -2.12. The molecule has 1 N–H and O–H groups in total. The van der Waals surface area contributed by atoms with E-state index in [1.165, 1.54) is 5.57 Å². The summed E-state index contributed by atoms with van der Waals surface area (Å²) in [4.78, 5) is 11.2. The van der Waals surface area contributed by atoms with E-state index in [2.05, 4.69) is 5.32 Å². The standard InChI is InChI=1S/C8H11NO/c10-8-3-1-2-6-4-9-5-7(6)8/h9H,1-5H2. The van der Waals surface area contributed by atoms with E-state index in [1.807, 2.05) is 0 Å². The molecule has 0 saturated heterocycles. The van der Waals surface area contributed by atoms with Crippen LogP contribution in [0.25, 0.3) is 0 Å². The number of Topliss-reactive ketones (excluding diaryl/α,β-unsaturated/α-hetero) is 1. The van der Waals surface area contributed by atoms with Crippen molar-refractivity contribution in [3.05, 3.63) is 11.1 Å². The maximum atomic E-state index is 11.2. The van der Waals surface area contributed by atoms with Gasteiger partial charge in [0.2, 0.25) is 0 Å². The molecule has 0 spiro atoms. The van der Waals surface area contributed by atoms with Crippen LogP contribution in [0.3, 0.4) is 0 Å². The van der Waals surface area contributed by atoms with Crippen LogP contribution in [-0.2, 0) is 4.79 Å². The van der Waals surface area contributed by atoms with E-state index < -0.39 is 0 Å². The third kappa shape index (κ3) is 0.797. The van der Waals surface area contributed by atoms with Crippen LogP contribution >= 0.6 is 0 Å². The van der Waals surface area contributed by atoms with Crippen LogP contribution in [0.5, 0.6) is 0 Å². The second kappa shape index (κ2) is 2.20. The third-order valence-corrected chi connectivity index (χ3v) is 2.29. The summed E-state index contributed by atoms with van der Waals surface area (Å²) < 4.78 is 0. The number of ketones is 1. The summed E-state index contributed by atoms with van der Waals surface area (Å²) in [5.74, 6) is 0.381. The zero-order valence-electron chi connectivity index (χ0n) is 5.94. The fourth-order valence-electron chi connectivity index (χ4n) is 1.72. The number of rotatable bonds is 0. The van der Waals surface area contributed by atoms with Gasteiger partial charge in [-0.1, -0.05) is 0 Å². The van der Waals surface area contributed by atoms with Gasteiger partial charge in [-0.15, -0.1) is 0 Å². The van der Waals surface area contributed by atoms with Crippen molar-refractivity contribution in [3.8, 4) is 0 Å². The number of hydrogen-bond donors (Lipinski definition) is 1. The second-order valence-corrected chi connectivity index (χ2v) is 2.96. The predicted octanol–water partition coefficient (Wildman–Crippen LogP) is 0.639. The number of hydrogen-bond acceptors (Lipinski definition) is 2. The van der Waals surface area contributed by atoms with E-state index in [0.29, 0.717) is 5.78 Å². The van der Waals surface area contributed by atoms with Crippen molar-refractivity contribution in [3.63, 3.8) is 0 Å². The molecule has 0 fully saturated rings. The molecule has 1 aliphatic carbocycles. The Hall–Kier alpha value is -0.630.